The number of carbonyl (C=O) groups excluding carboxylic acids is 3. The number of hydrogen-bond donors (Lipinski definition) is 4. The standard InChI is InChI=1S/C28H25N5O7/c1-14-17-9-10-20(19(17)8-7-18(14)27(37)38)31-26(36)22-13-21(30-23-11-12-29-33(22)23)25(35)32-24(28(39)40-2)15-3-5-16(34)6-4-15/h3-8,11-13,20,24,34H,9-10H2,1-2H3,(H,31,36)(H,32,35)(H,37,38)/t20-,24-/m0/s1. The number of carbonyl (C=O) groups is 4. The van der Waals surface area contributed by atoms with Gasteiger partial charge in [-0.3, -0.25) is 9.59 Å². The number of hydrogen-bond acceptors (Lipinski definition) is 8. The summed E-state index contributed by atoms with van der Waals surface area (Å²) in [5.41, 5.74) is 3.18. The summed E-state index contributed by atoms with van der Waals surface area (Å²) in [7, 11) is 1.19. The smallest absolute Gasteiger partial charge is 0.335 e. The van der Waals surface area contributed by atoms with Crippen LogP contribution in [0.3, 0.4) is 0 Å². The zero-order chi connectivity index (χ0) is 28.6. The van der Waals surface area contributed by atoms with Crippen molar-refractivity contribution in [2.45, 2.75) is 31.8 Å². The van der Waals surface area contributed by atoms with Gasteiger partial charge in [0.05, 0.1) is 24.9 Å². The number of ether oxygens (including phenoxy) is 1. The molecular formula is C28H25N5O7. The maximum absolute atomic E-state index is 13.5. The van der Waals surface area contributed by atoms with Crippen molar-refractivity contribution in [2.75, 3.05) is 7.11 Å². The van der Waals surface area contributed by atoms with Gasteiger partial charge in [0.25, 0.3) is 11.8 Å². The van der Waals surface area contributed by atoms with Crippen molar-refractivity contribution in [3.05, 3.63) is 93.9 Å². The Morgan fingerprint density at radius 1 is 1.07 bits per heavy atom. The average Bonchev–Trinajstić information content (AvgIpc) is 3.58. The lowest BCUT2D eigenvalue weighted by molar-refractivity contribution is -0.143. The molecule has 1 aliphatic carbocycles. The third kappa shape index (κ3) is 4.82. The van der Waals surface area contributed by atoms with E-state index < -0.39 is 29.8 Å². The molecule has 0 spiro atoms. The second-order valence-electron chi connectivity index (χ2n) is 9.32. The van der Waals surface area contributed by atoms with Crippen LogP contribution in [0.1, 0.15) is 72.1 Å². The van der Waals surface area contributed by atoms with Gasteiger partial charge in [-0.05, 0) is 60.2 Å². The van der Waals surface area contributed by atoms with Crippen LogP contribution in [0, 0.1) is 6.92 Å². The summed E-state index contributed by atoms with van der Waals surface area (Å²) in [6.45, 7) is 1.76. The van der Waals surface area contributed by atoms with Crippen molar-refractivity contribution in [3.63, 3.8) is 0 Å². The van der Waals surface area contributed by atoms with Crippen LogP contribution in [-0.4, -0.2) is 55.7 Å². The minimum atomic E-state index is -1.19. The molecule has 0 aliphatic heterocycles. The van der Waals surface area contributed by atoms with Gasteiger partial charge >= 0.3 is 11.9 Å². The molecular weight excluding hydrogens is 518 g/mol. The maximum atomic E-state index is 13.5. The number of nitrogens with one attached hydrogen (secondary N) is 2. The highest BCUT2D eigenvalue weighted by Crippen LogP contribution is 2.35. The summed E-state index contributed by atoms with van der Waals surface area (Å²) in [5.74, 6) is -2.99. The van der Waals surface area contributed by atoms with Gasteiger partial charge in [0.1, 0.15) is 17.1 Å². The number of aromatic carboxylic acids is 1. The quantitative estimate of drug-likeness (QED) is 0.256. The van der Waals surface area contributed by atoms with Crippen LogP contribution in [0.2, 0.25) is 0 Å². The molecule has 0 saturated carbocycles. The Bertz CT molecular complexity index is 1660. The molecule has 0 unspecified atom stereocenters. The van der Waals surface area contributed by atoms with E-state index in [1.54, 1.807) is 13.0 Å². The lowest BCUT2D eigenvalue weighted by atomic mass is 9.98. The molecule has 5 rings (SSSR count). The maximum Gasteiger partial charge on any atom is 0.335 e. The number of fused-ring (bicyclic) bond motifs is 2. The van der Waals surface area contributed by atoms with Gasteiger partial charge in [0.15, 0.2) is 11.7 Å². The number of aromatic hydroxyl groups is 1. The Hall–Kier alpha value is -5.26. The number of methoxy groups -OCH3 is 1. The molecule has 0 bridgehead atoms. The Morgan fingerprint density at radius 3 is 2.52 bits per heavy atom. The Morgan fingerprint density at radius 2 is 1.82 bits per heavy atom. The van der Waals surface area contributed by atoms with Crippen molar-refractivity contribution in [3.8, 4) is 5.75 Å². The van der Waals surface area contributed by atoms with Gasteiger partial charge in [-0.15, -0.1) is 0 Å². The second kappa shape index (κ2) is 10.5. The number of phenols is 1. The molecule has 2 atom stereocenters. The number of esters is 1. The van der Waals surface area contributed by atoms with Crippen LogP contribution < -0.4 is 10.6 Å². The highest BCUT2D eigenvalue weighted by Gasteiger charge is 2.30. The van der Waals surface area contributed by atoms with Crippen LogP contribution >= 0.6 is 0 Å². The van der Waals surface area contributed by atoms with Gasteiger partial charge in [-0.1, -0.05) is 18.2 Å². The fourth-order valence-corrected chi connectivity index (χ4v) is 4.95. The minimum absolute atomic E-state index is 0.00966. The number of carboxylic acid groups (broad SMARTS) is 1. The van der Waals surface area contributed by atoms with Crippen LogP contribution in [0.25, 0.3) is 5.65 Å². The summed E-state index contributed by atoms with van der Waals surface area (Å²) in [5, 5.41) is 28.7. The summed E-state index contributed by atoms with van der Waals surface area (Å²) < 4.78 is 6.14. The predicted molar refractivity (Wildman–Crippen MR) is 140 cm³/mol. The number of nitrogens with zero attached hydrogens (tertiary/aromatic N) is 3. The van der Waals surface area contributed by atoms with Crippen molar-refractivity contribution >= 4 is 29.4 Å². The van der Waals surface area contributed by atoms with Crippen LogP contribution in [0.5, 0.6) is 5.75 Å². The number of phenolic OH excluding ortho intramolecular Hbond substituents is 1. The molecule has 204 valence electrons. The van der Waals surface area contributed by atoms with Crippen molar-refractivity contribution in [1.82, 2.24) is 25.2 Å². The summed E-state index contributed by atoms with van der Waals surface area (Å²) in [4.78, 5) is 55.0. The number of carboxylic acids is 1. The molecule has 1 aliphatic rings. The second-order valence-corrected chi connectivity index (χ2v) is 9.32. The first-order chi connectivity index (χ1) is 19.2. The molecule has 0 fully saturated rings. The Kier molecular flexibility index (Phi) is 6.91. The lowest BCUT2D eigenvalue weighted by Crippen LogP contribution is -2.35. The predicted octanol–water partition coefficient (Wildman–Crippen LogP) is 2.50. The molecule has 2 amide bonds. The fourth-order valence-electron chi connectivity index (χ4n) is 4.95. The topological polar surface area (TPSA) is 172 Å². The molecule has 12 nitrogen and oxygen atoms in total. The number of amides is 2. The van der Waals surface area contributed by atoms with E-state index in [-0.39, 0.29) is 34.4 Å². The molecule has 0 saturated heterocycles. The summed E-state index contributed by atoms with van der Waals surface area (Å²) in [6.07, 6.45) is 2.63. The highest BCUT2D eigenvalue weighted by molar-refractivity contribution is 6.00. The van der Waals surface area contributed by atoms with Crippen LogP contribution in [-0.2, 0) is 16.0 Å². The SMILES string of the molecule is COC(=O)[C@@H](NC(=O)c1cc(C(=O)N[C@H]2CCc3c2ccc(C(=O)O)c3C)n2nccc2n1)c1ccc(O)cc1. The number of rotatable bonds is 7. The minimum Gasteiger partial charge on any atom is -0.508 e. The largest absolute Gasteiger partial charge is 0.508 e. The number of aromatic nitrogens is 3. The first kappa shape index (κ1) is 26.4. The van der Waals surface area contributed by atoms with Crippen molar-refractivity contribution < 1.29 is 34.1 Å². The van der Waals surface area contributed by atoms with Crippen LogP contribution in [0.4, 0.5) is 0 Å². The third-order valence-electron chi connectivity index (χ3n) is 6.99. The molecule has 12 heteroatoms. The highest BCUT2D eigenvalue weighted by atomic mass is 16.5. The normalized spacial score (nSPS) is 14.8. The van der Waals surface area contributed by atoms with E-state index in [0.29, 0.717) is 24.0 Å². The number of benzene rings is 2. The van der Waals surface area contributed by atoms with E-state index in [0.717, 1.165) is 11.1 Å². The summed E-state index contributed by atoms with van der Waals surface area (Å²) in [6, 6.07) is 10.2. The average molecular weight is 544 g/mol. The van der Waals surface area contributed by atoms with E-state index in [2.05, 4.69) is 20.7 Å². The Labute approximate surface area is 227 Å². The molecule has 0 radical (unpaired) electrons. The molecule has 2 heterocycles. The van der Waals surface area contributed by atoms with Crippen LogP contribution in [0.15, 0.2) is 54.7 Å². The van der Waals surface area contributed by atoms with Gasteiger partial charge in [-0.25, -0.2) is 19.1 Å². The molecule has 2 aromatic heterocycles. The van der Waals surface area contributed by atoms with E-state index in [4.69, 9.17) is 4.74 Å². The first-order valence-electron chi connectivity index (χ1n) is 12.4. The van der Waals surface area contributed by atoms with E-state index >= 15 is 0 Å². The molecule has 2 aromatic carbocycles. The van der Waals surface area contributed by atoms with Gasteiger partial charge < -0.3 is 25.6 Å². The molecule has 4 aromatic rings. The monoisotopic (exact) mass is 543 g/mol. The Balaban J connectivity index is 1.43. The third-order valence-corrected chi connectivity index (χ3v) is 6.99. The van der Waals surface area contributed by atoms with Gasteiger partial charge in [0, 0.05) is 12.1 Å². The van der Waals surface area contributed by atoms with Gasteiger partial charge in [-0.2, -0.15) is 5.10 Å². The van der Waals surface area contributed by atoms with E-state index in [1.807, 2.05) is 0 Å². The molecule has 4 N–H and O–H groups in total. The lowest BCUT2D eigenvalue weighted by Gasteiger charge is -2.18. The van der Waals surface area contributed by atoms with E-state index in [9.17, 15) is 29.4 Å². The summed E-state index contributed by atoms with van der Waals surface area (Å²) >= 11 is 0. The first-order valence-corrected chi connectivity index (χ1v) is 12.4. The molecule has 40 heavy (non-hydrogen) atoms. The van der Waals surface area contributed by atoms with E-state index in [1.165, 1.54) is 60.3 Å². The van der Waals surface area contributed by atoms with Crippen molar-refractivity contribution in [1.29, 1.82) is 0 Å². The van der Waals surface area contributed by atoms with Crippen molar-refractivity contribution in [2.24, 2.45) is 0 Å². The zero-order valence-corrected chi connectivity index (χ0v) is 21.5. The van der Waals surface area contributed by atoms with Gasteiger partial charge in [0.2, 0.25) is 0 Å². The fraction of sp³-hybridized carbons (Fsp3) is 0.214. The zero-order valence-electron chi connectivity index (χ0n) is 21.5.